The van der Waals surface area contributed by atoms with E-state index in [2.05, 4.69) is 22.0 Å². The number of carbonyl (C=O) groups excluding carboxylic acids is 1. The summed E-state index contributed by atoms with van der Waals surface area (Å²) in [7, 11) is 0. The van der Waals surface area contributed by atoms with Crippen molar-refractivity contribution in [1.29, 1.82) is 0 Å². The van der Waals surface area contributed by atoms with Crippen LogP contribution in [0.3, 0.4) is 0 Å². The Hall–Kier alpha value is -2.08. The minimum atomic E-state index is -0.336. The first kappa shape index (κ1) is 17.3. The highest BCUT2D eigenvalue weighted by molar-refractivity contribution is 6.28. The van der Waals surface area contributed by atoms with Crippen LogP contribution in [0.15, 0.2) is 18.7 Å². The van der Waals surface area contributed by atoms with Crippen molar-refractivity contribution in [3.05, 3.63) is 29.7 Å². The first-order valence-electron chi connectivity index (χ1n) is 9.19. The van der Waals surface area contributed by atoms with Gasteiger partial charge in [0.15, 0.2) is 5.82 Å². The molecule has 2 bridgehead atoms. The van der Waals surface area contributed by atoms with Crippen LogP contribution >= 0.6 is 11.6 Å². The van der Waals surface area contributed by atoms with Crippen molar-refractivity contribution in [3.63, 3.8) is 0 Å². The molecule has 0 aliphatic heterocycles. The molecule has 2 heterocycles. The number of hydrogen-bond donors (Lipinski definition) is 1. The summed E-state index contributed by atoms with van der Waals surface area (Å²) in [6, 6.07) is 3.87. The van der Waals surface area contributed by atoms with Crippen molar-refractivity contribution in [3.8, 4) is 0 Å². The first-order valence-corrected chi connectivity index (χ1v) is 9.56. The molecule has 1 unspecified atom stereocenters. The van der Waals surface area contributed by atoms with E-state index < -0.39 is 0 Å². The molecule has 3 fully saturated rings. The van der Waals surface area contributed by atoms with Crippen LogP contribution in [0.1, 0.15) is 44.7 Å². The lowest BCUT2D eigenvalue weighted by molar-refractivity contribution is -0.154. The van der Waals surface area contributed by atoms with Crippen LogP contribution in [0.25, 0.3) is 11.6 Å². The summed E-state index contributed by atoms with van der Waals surface area (Å²) in [6.07, 6.45) is 6.72. The van der Waals surface area contributed by atoms with E-state index in [9.17, 15) is 4.79 Å². The van der Waals surface area contributed by atoms with Crippen LogP contribution < -0.4 is 5.32 Å². The third kappa shape index (κ3) is 2.76. The van der Waals surface area contributed by atoms with Crippen molar-refractivity contribution >= 4 is 35.0 Å². The van der Waals surface area contributed by atoms with Gasteiger partial charge in [0.25, 0.3) is 0 Å². The van der Waals surface area contributed by atoms with Gasteiger partial charge < -0.3 is 10.1 Å². The monoisotopic (exact) mass is 374 g/mol. The molecule has 26 heavy (non-hydrogen) atoms. The van der Waals surface area contributed by atoms with E-state index in [-0.39, 0.29) is 22.7 Å². The molecule has 2 aromatic rings. The Morgan fingerprint density at radius 3 is 2.96 bits per heavy atom. The lowest BCUT2D eigenvalue weighted by Gasteiger charge is -2.51. The molecule has 0 saturated heterocycles. The van der Waals surface area contributed by atoms with Gasteiger partial charge in [0.2, 0.25) is 5.28 Å². The number of carbonyl (C=O) groups is 1. The Morgan fingerprint density at radius 1 is 1.50 bits per heavy atom. The highest BCUT2D eigenvalue weighted by atomic mass is 35.5. The van der Waals surface area contributed by atoms with Crippen LogP contribution in [0.5, 0.6) is 0 Å². The average Bonchev–Trinajstić information content (AvgIpc) is 3.05. The number of hydrogen-bond acceptors (Lipinski definition) is 5. The maximum atomic E-state index is 12.6. The largest absolute Gasteiger partial charge is 0.466 e. The third-order valence-electron chi connectivity index (χ3n) is 5.89. The average molecular weight is 375 g/mol. The summed E-state index contributed by atoms with van der Waals surface area (Å²) in [4.78, 5) is 17.1. The molecular weight excluding hydrogens is 352 g/mol. The second kappa shape index (κ2) is 6.58. The molecule has 3 aliphatic rings. The fourth-order valence-corrected chi connectivity index (χ4v) is 4.74. The molecule has 3 aliphatic carbocycles. The van der Waals surface area contributed by atoms with Gasteiger partial charge in [-0.05, 0) is 74.8 Å². The minimum Gasteiger partial charge on any atom is -0.466 e. The SMILES string of the molecule is C=Cc1ccc2c(NC34CCC(CC3)CC4C(=O)OCC)nc(Cl)nn12. The third-order valence-corrected chi connectivity index (χ3v) is 6.06. The zero-order valence-corrected chi connectivity index (χ0v) is 15.6. The van der Waals surface area contributed by atoms with Crippen molar-refractivity contribution < 1.29 is 9.53 Å². The fourth-order valence-electron chi connectivity index (χ4n) is 4.58. The number of rotatable bonds is 5. The smallest absolute Gasteiger partial charge is 0.311 e. The van der Waals surface area contributed by atoms with Crippen LogP contribution in [0, 0.1) is 11.8 Å². The standard InChI is InChI=1S/C19H23ClN4O2/c1-3-13-5-6-15-16(21-18(20)23-24(13)15)22-19-9-7-12(8-10-19)11-14(19)17(25)26-4-2/h3,5-6,12,14H,1,4,7-11H2,2H3,(H,21,22,23). The molecule has 1 N–H and O–H groups in total. The van der Waals surface area contributed by atoms with Gasteiger partial charge in [0.05, 0.1) is 23.8 Å². The molecule has 7 heteroatoms. The number of halogens is 1. The molecule has 1 atom stereocenters. The molecule has 0 spiro atoms. The Balaban J connectivity index is 1.74. The van der Waals surface area contributed by atoms with Gasteiger partial charge in [0, 0.05) is 0 Å². The Labute approximate surface area is 157 Å². The highest BCUT2D eigenvalue weighted by Gasteiger charge is 2.52. The van der Waals surface area contributed by atoms with E-state index in [1.807, 2.05) is 19.1 Å². The summed E-state index contributed by atoms with van der Waals surface area (Å²) >= 11 is 6.17. The second-order valence-corrected chi connectivity index (χ2v) is 7.59. The van der Waals surface area contributed by atoms with Crippen molar-refractivity contribution in [2.45, 2.75) is 44.6 Å². The topological polar surface area (TPSA) is 68.5 Å². The normalized spacial score (nSPS) is 27.5. The number of nitrogens with zero attached hydrogens (tertiary/aromatic N) is 3. The zero-order chi connectivity index (χ0) is 18.3. The van der Waals surface area contributed by atoms with Gasteiger partial charge >= 0.3 is 5.97 Å². The van der Waals surface area contributed by atoms with Gasteiger partial charge in [-0.25, -0.2) is 4.52 Å². The fraction of sp³-hybridized carbons (Fsp3) is 0.526. The minimum absolute atomic E-state index is 0.109. The van der Waals surface area contributed by atoms with Gasteiger partial charge in [-0.3, -0.25) is 4.79 Å². The number of ether oxygens (including phenoxy) is 1. The Kier molecular flexibility index (Phi) is 4.39. The van der Waals surface area contributed by atoms with Crippen molar-refractivity contribution in [2.24, 2.45) is 11.8 Å². The number of nitrogens with one attached hydrogen (secondary N) is 1. The van der Waals surface area contributed by atoms with E-state index in [1.165, 1.54) is 0 Å². The van der Waals surface area contributed by atoms with Crippen molar-refractivity contribution in [2.75, 3.05) is 11.9 Å². The van der Waals surface area contributed by atoms with Gasteiger partial charge in [-0.15, -0.1) is 5.10 Å². The molecule has 5 rings (SSSR count). The number of esters is 1. The highest BCUT2D eigenvalue weighted by Crippen LogP contribution is 2.50. The molecule has 6 nitrogen and oxygen atoms in total. The zero-order valence-electron chi connectivity index (χ0n) is 14.9. The maximum absolute atomic E-state index is 12.6. The molecule has 0 aromatic carbocycles. The quantitative estimate of drug-likeness (QED) is 0.802. The summed E-state index contributed by atoms with van der Waals surface area (Å²) in [5.41, 5.74) is 1.34. The van der Waals surface area contributed by atoms with Crippen LogP contribution in [0.2, 0.25) is 5.28 Å². The van der Waals surface area contributed by atoms with Crippen LogP contribution in [-0.2, 0) is 9.53 Å². The van der Waals surface area contributed by atoms with E-state index >= 15 is 0 Å². The Morgan fingerprint density at radius 2 is 2.27 bits per heavy atom. The molecule has 3 saturated carbocycles. The lowest BCUT2D eigenvalue weighted by Crippen LogP contribution is -2.56. The summed E-state index contributed by atoms with van der Waals surface area (Å²) in [6.45, 7) is 6.07. The molecule has 0 amide bonds. The van der Waals surface area contributed by atoms with E-state index in [1.54, 1.807) is 10.6 Å². The van der Waals surface area contributed by atoms with Gasteiger partial charge in [-0.2, -0.15) is 4.98 Å². The maximum Gasteiger partial charge on any atom is 0.311 e. The summed E-state index contributed by atoms with van der Waals surface area (Å²) < 4.78 is 7.10. The predicted molar refractivity (Wildman–Crippen MR) is 101 cm³/mol. The van der Waals surface area contributed by atoms with Gasteiger partial charge in [-0.1, -0.05) is 6.58 Å². The predicted octanol–water partition coefficient (Wildman–Crippen LogP) is 3.95. The van der Waals surface area contributed by atoms with Gasteiger partial charge in [0.1, 0.15) is 5.52 Å². The second-order valence-electron chi connectivity index (χ2n) is 7.25. The van der Waals surface area contributed by atoms with Crippen molar-refractivity contribution in [1.82, 2.24) is 14.6 Å². The molecular formula is C19H23ClN4O2. The summed E-state index contributed by atoms with van der Waals surface area (Å²) in [5, 5.41) is 8.03. The van der Waals surface area contributed by atoms with Crippen LogP contribution in [-0.4, -0.2) is 32.7 Å². The molecule has 2 aromatic heterocycles. The number of anilines is 1. The number of aromatic nitrogens is 3. The Bertz CT molecular complexity index is 855. The van der Waals surface area contributed by atoms with Crippen LogP contribution in [0.4, 0.5) is 5.82 Å². The van der Waals surface area contributed by atoms with E-state index in [0.29, 0.717) is 18.3 Å². The van der Waals surface area contributed by atoms with E-state index in [4.69, 9.17) is 16.3 Å². The first-order chi connectivity index (χ1) is 12.6. The lowest BCUT2D eigenvalue weighted by atomic mass is 9.59. The summed E-state index contributed by atoms with van der Waals surface area (Å²) in [5.74, 6) is 1.01. The molecule has 138 valence electrons. The molecule has 0 radical (unpaired) electrons. The van der Waals surface area contributed by atoms with E-state index in [0.717, 1.165) is 43.3 Å². The number of fused-ring (bicyclic) bond motifs is 4.